The summed E-state index contributed by atoms with van der Waals surface area (Å²) in [5, 5.41) is 5.59. The number of hydrogen-bond acceptors (Lipinski definition) is 4. The van der Waals surface area contributed by atoms with Crippen LogP contribution in [0.1, 0.15) is 40.2 Å². The molecule has 1 aliphatic rings. The minimum absolute atomic E-state index is 0.168. The van der Waals surface area contributed by atoms with E-state index in [9.17, 15) is 14.4 Å². The van der Waals surface area contributed by atoms with Crippen LogP contribution in [0.4, 0.5) is 5.69 Å². The van der Waals surface area contributed by atoms with Gasteiger partial charge in [-0.05, 0) is 37.1 Å². The van der Waals surface area contributed by atoms with Crippen LogP contribution in [0.3, 0.4) is 0 Å². The second kappa shape index (κ2) is 7.90. The SMILES string of the molecule is COC(=O)CCCNC(=O)c1cc(C)c(/C=C2/C(=O)Nc3ccccc32)[nH]1. The number of hydrogen-bond donors (Lipinski definition) is 3. The van der Waals surface area contributed by atoms with Gasteiger partial charge in [-0.15, -0.1) is 0 Å². The summed E-state index contributed by atoms with van der Waals surface area (Å²) < 4.78 is 4.56. The first kappa shape index (κ1) is 18.4. The quantitative estimate of drug-likeness (QED) is 0.415. The molecular weight excluding hydrogens is 346 g/mol. The van der Waals surface area contributed by atoms with Crippen molar-refractivity contribution < 1.29 is 19.1 Å². The summed E-state index contributed by atoms with van der Waals surface area (Å²) in [5.74, 6) is -0.730. The normalized spacial score (nSPS) is 14.0. The second-order valence-corrected chi connectivity index (χ2v) is 6.27. The van der Waals surface area contributed by atoms with Gasteiger partial charge in [0.25, 0.3) is 11.8 Å². The standard InChI is InChI=1S/C20H21N3O4/c1-12-10-17(20(26)21-9-5-8-18(24)27-2)22-16(12)11-14-13-6-3-4-7-15(13)23-19(14)25/h3-4,6-7,10-11,22H,5,8-9H2,1-2H3,(H,21,26)(H,23,25)/b14-11+. The van der Waals surface area contributed by atoms with Crippen LogP contribution >= 0.6 is 0 Å². The molecule has 0 unspecified atom stereocenters. The number of rotatable bonds is 6. The molecule has 1 aliphatic heterocycles. The fourth-order valence-corrected chi connectivity index (χ4v) is 2.90. The van der Waals surface area contributed by atoms with Crippen LogP contribution in [0.25, 0.3) is 11.6 Å². The fourth-order valence-electron chi connectivity index (χ4n) is 2.90. The predicted octanol–water partition coefficient (Wildman–Crippen LogP) is 2.50. The van der Waals surface area contributed by atoms with Gasteiger partial charge in [0.1, 0.15) is 5.69 Å². The molecule has 2 heterocycles. The lowest BCUT2D eigenvalue weighted by Gasteiger charge is -2.03. The lowest BCUT2D eigenvalue weighted by atomic mass is 10.1. The molecule has 0 radical (unpaired) electrons. The number of fused-ring (bicyclic) bond motifs is 1. The zero-order valence-corrected chi connectivity index (χ0v) is 15.2. The van der Waals surface area contributed by atoms with E-state index in [-0.39, 0.29) is 24.2 Å². The fraction of sp³-hybridized carbons (Fsp3) is 0.250. The van der Waals surface area contributed by atoms with E-state index >= 15 is 0 Å². The van der Waals surface area contributed by atoms with E-state index in [0.717, 1.165) is 16.8 Å². The number of ether oxygens (including phenoxy) is 1. The first-order chi connectivity index (χ1) is 13.0. The Balaban J connectivity index is 1.71. The Morgan fingerprint density at radius 2 is 2.04 bits per heavy atom. The lowest BCUT2D eigenvalue weighted by molar-refractivity contribution is -0.140. The maximum Gasteiger partial charge on any atom is 0.305 e. The van der Waals surface area contributed by atoms with Crippen molar-refractivity contribution in [3.8, 4) is 0 Å². The molecule has 0 fully saturated rings. The molecule has 3 rings (SSSR count). The van der Waals surface area contributed by atoms with Gasteiger partial charge in [0.05, 0.1) is 12.7 Å². The number of amides is 2. The van der Waals surface area contributed by atoms with Crippen molar-refractivity contribution in [3.63, 3.8) is 0 Å². The molecule has 7 nitrogen and oxygen atoms in total. The van der Waals surface area contributed by atoms with Crippen LogP contribution in [0.2, 0.25) is 0 Å². The molecule has 2 aromatic rings. The average Bonchev–Trinajstić information content (AvgIpc) is 3.19. The van der Waals surface area contributed by atoms with Gasteiger partial charge in [-0.1, -0.05) is 18.2 Å². The number of para-hydroxylation sites is 1. The highest BCUT2D eigenvalue weighted by Crippen LogP contribution is 2.32. The number of carbonyl (C=O) groups is 3. The van der Waals surface area contributed by atoms with Crippen LogP contribution in [0, 0.1) is 6.92 Å². The van der Waals surface area contributed by atoms with E-state index in [4.69, 9.17) is 0 Å². The van der Waals surface area contributed by atoms with Gasteiger partial charge >= 0.3 is 5.97 Å². The largest absolute Gasteiger partial charge is 0.469 e. The van der Waals surface area contributed by atoms with E-state index in [1.807, 2.05) is 31.2 Å². The molecule has 140 valence electrons. The highest BCUT2D eigenvalue weighted by atomic mass is 16.5. The third-order valence-electron chi connectivity index (χ3n) is 4.37. The first-order valence-electron chi connectivity index (χ1n) is 8.66. The summed E-state index contributed by atoms with van der Waals surface area (Å²) in [7, 11) is 1.33. The number of nitrogens with one attached hydrogen (secondary N) is 3. The Hall–Kier alpha value is -3.35. The summed E-state index contributed by atoms with van der Waals surface area (Å²) in [6.07, 6.45) is 2.52. The molecule has 7 heteroatoms. The highest BCUT2D eigenvalue weighted by molar-refractivity contribution is 6.34. The van der Waals surface area contributed by atoms with E-state index in [1.54, 1.807) is 12.1 Å². The van der Waals surface area contributed by atoms with Gasteiger partial charge in [-0.25, -0.2) is 0 Å². The summed E-state index contributed by atoms with van der Waals surface area (Å²) in [6, 6.07) is 9.21. The molecule has 2 amide bonds. The smallest absolute Gasteiger partial charge is 0.305 e. The average molecular weight is 367 g/mol. The van der Waals surface area contributed by atoms with E-state index in [0.29, 0.717) is 29.9 Å². The van der Waals surface area contributed by atoms with Gasteiger partial charge in [0.2, 0.25) is 0 Å². The number of carbonyl (C=O) groups excluding carboxylic acids is 3. The van der Waals surface area contributed by atoms with Gasteiger partial charge in [-0.2, -0.15) is 0 Å². The minimum atomic E-state index is -0.302. The van der Waals surface area contributed by atoms with Gasteiger partial charge in [0.15, 0.2) is 0 Å². The molecule has 1 aromatic carbocycles. The van der Waals surface area contributed by atoms with Crippen molar-refractivity contribution in [2.45, 2.75) is 19.8 Å². The predicted molar refractivity (Wildman–Crippen MR) is 102 cm³/mol. The number of benzene rings is 1. The molecule has 0 aliphatic carbocycles. The van der Waals surface area contributed by atoms with Crippen LogP contribution in [-0.4, -0.2) is 36.4 Å². The summed E-state index contributed by atoms with van der Waals surface area (Å²) >= 11 is 0. The zero-order valence-electron chi connectivity index (χ0n) is 15.2. The Morgan fingerprint density at radius 3 is 2.81 bits per heavy atom. The molecule has 0 bridgehead atoms. The van der Waals surface area contributed by atoms with Crippen molar-refractivity contribution in [2.24, 2.45) is 0 Å². The number of esters is 1. The molecule has 0 saturated heterocycles. The second-order valence-electron chi connectivity index (χ2n) is 6.27. The molecule has 0 saturated carbocycles. The van der Waals surface area contributed by atoms with Crippen LogP contribution in [0.15, 0.2) is 30.3 Å². The number of H-pyrrole nitrogens is 1. The zero-order chi connectivity index (χ0) is 19.4. The molecule has 27 heavy (non-hydrogen) atoms. The monoisotopic (exact) mass is 367 g/mol. The van der Waals surface area contributed by atoms with Crippen molar-refractivity contribution in [2.75, 3.05) is 19.0 Å². The van der Waals surface area contributed by atoms with Crippen molar-refractivity contribution >= 4 is 35.1 Å². The Kier molecular flexibility index (Phi) is 5.40. The molecule has 0 spiro atoms. The number of anilines is 1. The Morgan fingerprint density at radius 1 is 1.26 bits per heavy atom. The number of aromatic amines is 1. The summed E-state index contributed by atoms with van der Waals surface area (Å²) in [5.41, 5.74) is 4.15. The van der Waals surface area contributed by atoms with Crippen LogP contribution < -0.4 is 10.6 Å². The Bertz CT molecular complexity index is 927. The van der Waals surface area contributed by atoms with E-state index in [1.165, 1.54) is 7.11 Å². The molecule has 0 atom stereocenters. The number of methoxy groups -OCH3 is 1. The first-order valence-corrected chi connectivity index (χ1v) is 8.66. The van der Waals surface area contributed by atoms with E-state index in [2.05, 4.69) is 20.4 Å². The van der Waals surface area contributed by atoms with Gasteiger partial charge < -0.3 is 20.4 Å². The van der Waals surface area contributed by atoms with Crippen molar-refractivity contribution in [1.82, 2.24) is 10.3 Å². The number of aryl methyl sites for hydroxylation is 1. The van der Waals surface area contributed by atoms with E-state index < -0.39 is 0 Å². The maximum atomic E-state index is 12.3. The highest BCUT2D eigenvalue weighted by Gasteiger charge is 2.24. The molecular formula is C20H21N3O4. The third kappa shape index (κ3) is 4.08. The third-order valence-corrected chi connectivity index (χ3v) is 4.37. The van der Waals surface area contributed by atoms with Gasteiger partial charge in [0, 0.05) is 29.9 Å². The topological polar surface area (TPSA) is 100 Å². The summed E-state index contributed by atoms with van der Waals surface area (Å²) in [4.78, 5) is 38.6. The van der Waals surface area contributed by atoms with Crippen LogP contribution in [0.5, 0.6) is 0 Å². The summed E-state index contributed by atoms with van der Waals surface area (Å²) in [6.45, 7) is 2.24. The Labute approximate surface area is 156 Å². The van der Waals surface area contributed by atoms with Crippen LogP contribution in [-0.2, 0) is 14.3 Å². The lowest BCUT2D eigenvalue weighted by Crippen LogP contribution is -2.25. The number of aromatic nitrogens is 1. The molecule has 3 N–H and O–H groups in total. The maximum absolute atomic E-state index is 12.3. The molecule has 1 aromatic heterocycles. The van der Waals surface area contributed by atoms with Crippen molar-refractivity contribution in [1.29, 1.82) is 0 Å². The van der Waals surface area contributed by atoms with Gasteiger partial charge in [-0.3, -0.25) is 14.4 Å². The minimum Gasteiger partial charge on any atom is -0.469 e. The van der Waals surface area contributed by atoms with Crippen molar-refractivity contribution in [3.05, 3.63) is 52.8 Å².